The Balaban J connectivity index is 1.92. The SMILES string of the molecule is CCOc1ccc(CN2CCC(C(O)CO)CC2)cc1CO. The van der Waals surface area contributed by atoms with E-state index < -0.39 is 6.10 Å². The smallest absolute Gasteiger partial charge is 0.124 e. The number of aliphatic hydroxyl groups is 3. The van der Waals surface area contributed by atoms with E-state index in [9.17, 15) is 10.2 Å². The Bertz CT molecular complexity index is 458. The molecule has 0 saturated carbocycles. The zero-order chi connectivity index (χ0) is 15.9. The van der Waals surface area contributed by atoms with Gasteiger partial charge < -0.3 is 20.1 Å². The third-order valence-electron chi connectivity index (χ3n) is 4.36. The zero-order valence-electron chi connectivity index (χ0n) is 13.2. The van der Waals surface area contributed by atoms with Gasteiger partial charge >= 0.3 is 0 Å². The predicted octanol–water partition coefficient (Wildman–Crippen LogP) is 1.14. The van der Waals surface area contributed by atoms with Crippen LogP contribution in [0.1, 0.15) is 30.9 Å². The van der Waals surface area contributed by atoms with Gasteiger partial charge in [0.15, 0.2) is 0 Å². The Hall–Kier alpha value is -1.14. The molecule has 1 aromatic rings. The molecule has 1 aliphatic heterocycles. The van der Waals surface area contributed by atoms with Crippen LogP contribution in [0.25, 0.3) is 0 Å². The quantitative estimate of drug-likeness (QED) is 0.704. The first-order chi connectivity index (χ1) is 10.7. The first-order valence-electron chi connectivity index (χ1n) is 8.04. The van der Waals surface area contributed by atoms with E-state index in [1.807, 2.05) is 25.1 Å². The number of rotatable bonds is 7. The highest BCUT2D eigenvalue weighted by Crippen LogP contribution is 2.24. The van der Waals surface area contributed by atoms with E-state index >= 15 is 0 Å². The topological polar surface area (TPSA) is 73.2 Å². The number of likely N-dealkylation sites (tertiary alicyclic amines) is 1. The Kier molecular flexibility index (Phi) is 6.64. The van der Waals surface area contributed by atoms with Gasteiger partial charge in [0, 0.05) is 12.1 Å². The van der Waals surface area contributed by atoms with Crippen LogP contribution < -0.4 is 4.74 Å². The summed E-state index contributed by atoms with van der Waals surface area (Å²) in [4.78, 5) is 2.34. The van der Waals surface area contributed by atoms with Gasteiger partial charge in [-0.15, -0.1) is 0 Å². The second-order valence-electron chi connectivity index (χ2n) is 5.90. The summed E-state index contributed by atoms with van der Waals surface area (Å²) in [6, 6.07) is 5.96. The molecule has 0 aliphatic carbocycles. The molecule has 1 aromatic carbocycles. The maximum atomic E-state index is 9.70. The Morgan fingerprint density at radius 1 is 1.27 bits per heavy atom. The summed E-state index contributed by atoms with van der Waals surface area (Å²) in [5, 5.41) is 28.2. The molecule has 2 rings (SSSR count). The van der Waals surface area contributed by atoms with Gasteiger partial charge in [-0.3, -0.25) is 4.90 Å². The average molecular weight is 309 g/mol. The third-order valence-corrected chi connectivity index (χ3v) is 4.36. The van der Waals surface area contributed by atoms with Gasteiger partial charge in [0.25, 0.3) is 0 Å². The molecule has 1 atom stereocenters. The molecule has 1 fully saturated rings. The van der Waals surface area contributed by atoms with Crippen molar-refractivity contribution in [3.63, 3.8) is 0 Å². The van der Waals surface area contributed by atoms with Crippen molar-refractivity contribution in [1.82, 2.24) is 4.90 Å². The molecule has 1 saturated heterocycles. The van der Waals surface area contributed by atoms with Crippen molar-refractivity contribution < 1.29 is 20.1 Å². The van der Waals surface area contributed by atoms with Crippen LogP contribution in [-0.2, 0) is 13.2 Å². The molecule has 3 N–H and O–H groups in total. The van der Waals surface area contributed by atoms with Crippen LogP contribution in [0.2, 0.25) is 0 Å². The predicted molar refractivity (Wildman–Crippen MR) is 84.6 cm³/mol. The molecule has 0 aromatic heterocycles. The van der Waals surface area contributed by atoms with Crippen LogP contribution in [0.5, 0.6) is 5.75 Å². The lowest BCUT2D eigenvalue weighted by Crippen LogP contribution is -2.38. The van der Waals surface area contributed by atoms with Gasteiger partial charge in [0.1, 0.15) is 5.75 Å². The molecule has 5 heteroatoms. The second kappa shape index (κ2) is 8.48. The molecule has 22 heavy (non-hydrogen) atoms. The molecule has 0 amide bonds. The summed E-state index contributed by atoms with van der Waals surface area (Å²) in [6.07, 6.45) is 1.23. The van der Waals surface area contributed by atoms with E-state index in [-0.39, 0.29) is 19.1 Å². The zero-order valence-corrected chi connectivity index (χ0v) is 13.2. The van der Waals surface area contributed by atoms with Crippen molar-refractivity contribution in [2.24, 2.45) is 5.92 Å². The monoisotopic (exact) mass is 309 g/mol. The van der Waals surface area contributed by atoms with Crippen molar-refractivity contribution in [2.45, 2.75) is 39.0 Å². The minimum Gasteiger partial charge on any atom is -0.494 e. The fourth-order valence-electron chi connectivity index (χ4n) is 3.05. The normalized spacial score (nSPS) is 18.4. The van der Waals surface area contributed by atoms with E-state index in [1.165, 1.54) is 0 Å². The molecule has 124 valence electrons. The molecule has 0 spiro atoms. The van der Waals surface area contributed by atoms with Crippen molar-refractivity contribution >= 4 is 0 Å². The molecule has 1 aliphatic rings. The van der Waals surface area contributed by atoms with E-state index in [4.69, 9.17) is 9.84 Å². The number of benzene rings is 1. The Morgan fingerprint density at radius 2 is 2.00 bits per heavy atom. The second-order valence-corrected chi connectivity index (χ2v) is 5.90. The summed E-state index contributed by atoms with van der Waals surface area (Å²) in [6.45, 7) is 5.03. The summed E-state index contributed by atoms with van der Waals surface area (Å²) in [5.41, 5.74) is 1.98. The molecule has 1 unspecified atom stereocenters. The minimum absolute atomic E-state index is 0.0199. The van der Waals surface area contributed by atoms with Crippen LogP contribution in [0.15, 0.2) is 18.2 Å². The fraction of sp³-hybridized carbons (Fsp3) is 0.647. The molecular weight excluding hydrogens is 282 g/mol. The largest absolute Gasteiger partial charge is 0.494 e. The van der Waals surface area contributed by atoms with E-state index in [2.05, 4.69) is 4.90 Å². The molecule has 1 heterocycles. The van der Waals surface area contributed by atoms with Crippen molar-refractivity contribution in [2.75, 3.05) is 26.3 Å². The van der Waals surface area contributed by atoms with E-state index in [0.29, 0.717) is 6.61 Å². The average Bonchev–Trinajstić information content (AvgIpc) is 2.56. The molecule has 0 radical (unpaired) electrons. The van der Waals surface area contributed by atoms with Gasteiger partial charge in [-0.1, -0.05) is 6.07 Å². The van der Waals surface area contributed by atoms with Crippen LogP contribution in [0.4, 0.5) is 0 Å². The number of ether oxygens (including phenoxy) is 1. The first-order valence-corrected chi connectivity index (χ1v) is 8.04. The first kappa shape index (κ1) is 17.2. The Labute approximate surface area is 132 Å². The van der Waals surface area contributed by atoms with Crippen LogP contribution in [0.3, 0.4) is 0 Å². The van der Waals surface area contributed by atoms with Crippen molar-refractivity contribution in [3.8, 4) is 5.75 Å². The van der Waals surface area contributed by atoms with Crippen LogP contribution >= 0.6 is 0 Å². The Morgan fingerprint density at radius 3 is 2.59 bits per heavy atom. The maximum Gasteiger partial charge on any atom is 0.124 e. The lowest BCUT2D eigenvalue weighted by atomic mass is 9.91. The van der Waals surface area contributed by atoms with Gasteiger partial charge in [-0.2, -0.15) is 0 Å². The third kappa shape index (κ3) is 4.43. The summed E-state index contributed by atoms with van der Waals surface area (Å²) < 4.78 is 5.50. The van der Waals surface area contributed by atoms with Gasteiger partial charge in [0.2, 0.25) is 0 Å². The van der Waals surface area contributed by atoms with Crippen molar-refractivity contribution in [1.29, 1.82) is 0 Å². The van der Waals surface area contributed by atoms with E-state index in [0.717, 1.165) is 49.4 Å². The lowest BCUT2D eigenvalue weighted by molar-refractivity contribution is 0.0172. The summed E-state index contributed by atoms with van der Waals surface area (Å²) in [7, 11) is 0. The number of hydrogen-bond donors (Lipinski definition) is 3. The number of hydrogen-bond acceptors (Lipinski definition) is 5. The van der Waals surface area contributed by atoms with Crippen LogP contribution in [-0.4, -0.2) is 52.6 Å². The molecule has 5 nitrogen and oxygen atoms in total. The number of nitrogens with zero attached hydrogens (tertiary/aromatic N) is 1. The standard InChI is InChI=1S/C17H27NO4/c1-2-22-17-4-3-13(9-15(17)11-19)10-18-7-5-14(6-8-18)16(21)12-20/h3-4,9,14,16,19-21H,2,5-8,10-12H2,1H3. The van der Waals surface area contributed by atoms with Gasteiger partial charge in [-0.25, -0.2) is 0 Å². The molecular formula is C17H27NO4. The van der Waals surface area contributed by atoms with Crippen molar-refractivity contribution in [3.05, 3.63) is 29.3 Å². The summed E-state index contributed by atoms with van der Waals surface area (Å²) >= 11 is 0. The maximum absolute atomic E-state index is 9.70. The lowest BCUT2D eigenvalue weighted by Gasteiger charge is -2.33. The summed E-state index contributed by atoms with van der Waals surface area (Å²) in [5.74, 6) is 0.952. The van der Waals surface area contributed by atoms with Crippen LogP contribution in [0, 0.1) is 5.92 Å². The highest BCUT2D eigenvalue weighted by molar-refractivity contribution is 5.36. The van der Waals surface area contributed by atoms with Gasteiger partial charge in [-0.05, 0) is 56.5 Å². The molecule has 0 bridgehead atoms. The number of aliphatic hydroxyl groups excluding tert-OH is 3. The minimum atomic E-state index is -0.589. The highest BCUT2D eigenvalue weighted by Gasteiger charge is 2.24. The highest BCUT2D eigenvalue weighted by atomic mass is 16.5. The fourth-order valence-corrected chi connectivity index (χ4v) is 3.05. The van der Waals surface area contributed by atoms with Gasteiger partial charge in [0.05, 0.1) is 25.9 Å². The van der Waals surface area contributed by atoms with E-state index in [1.54, 1.807) is 0 Å². The number of piperidine rings is 1.